The fraction of sp³-hybridized carbons (Fsp3) is 0.350. The number of amides is 1. The molecule has 0 radical (unpaired) electrons. The number of esters is 1. The van der Waals surface area contributed by atoms with Crippen LogP contribution in [0.3, 0.4) is 0 Å². The highest BCUT2D eigenvalue weighted by Crippen LogP contribution is 2.14. The standard InChI is InChI=1S/C20H22FN3O4/c1-14(19(25)23-12-15-2-5-17(21)6-3-15)28-20(26)16-4-7-18(22-13-16)24-8-10-27-11-9-24/h2-7,13-14H,8-12H2,1H3,(H,23,25). The van der Waals surface area contributed by atoms with Gasteiger partial charge in [0.1, 0.15) is 11.6 Å². The monoisotopic (exact) mass is 387 g/mol. The predicted octanol–water partition coefficient (Wildman–Crippen LogP) is 1.92. The molecule has 1 aromatic carbocycles. The van der Waals surface area contributed by atoms with Crippen LogP contribution in [-0.2, 0) is 20.8 Å². The number of hydrogen-bond donors (Lipinski definition) is 1. The molecule has 2 aromatic rings. The first kappa shape index (κ1) is 19.8. The maximum Gasteiger partial charge on any atom is 0.340 e. The number of carbonyl (C=O) groups excluding carboxylic acids is 2. The first-order valence-corrected chi connectivity index (χ1v) is 9.05. The lowest BCUT2D eigenvalue weighted by atomic mass is 10.2. The first-order chi connectivity index (χ1) is 13.5. The molecule has 28 heavy (non-hydrogen) atoms. The van der Waals surface area contributed by atoms with Gasteiger partial charge in [0, 0.05) is 25.8 Å². The highest BCUT2D eigenvalue weighted by molar-refractivity contribution is 5.92. The molecule has 3 rings (SSSR count). The molecule has 1 fully saturated rings. The van der Waals surface area contributed by atoms with Crippen LogP contribution in [0, 0.1) is 5.82 Å². The number of nitrogens with zero attached hydrogens (tertiary/aromatic N) is 2. The van der Waals surface area contributed by atoms with E-state index in [1.165, 1.54) is 25.3 Å². The van der Waals surface area contributed by atoms with Gasteiger partial charge in [0.2, 0.25) is 0 Å². The summed E-state index contributed by atoms with van der Waals surface area (Å²) >= 11 is 0. The molecule has 1 amide bonds. The number of pyridine rings is 1. The van der Waals surface area contributed by atoms with Gasteiger partial charge in [0.25, 0.3) is 5.91 Å². The quantitative estimate of drug-likeness (QED) is 0.763. The summed E-state index contributed by atoms with van der Waals surface area (Å²) in [5.41, 5.74) is 1.02. The number of ether oxygens (including phenoxy) is 2. The van der Waals surface area contributed by atoms with E-state index < -0.39 is 18.0 Å². The van der Waals surface area contributed by atoms with Crippen molar-refractivity contribution >= 4 is 17.7 Å². The van der Waals surface area contributed by atoms with Crippen molar-refractivity contribution < 1.29 is 23.5 Å². The van der Waals surface area contributed by atoms with E-state index in [9.17, 15) is 14.0 Å². The lowest BCUT2D eigenvalue weighted by Gasteiger charge is -2.27. The summed E-state index contributed by atoms with van der Waals surface area (Å²) in [5, 5.41) is 2.65. The van der Waals surface area contributed by atoms with Gasteiger partial charge >= 0.3 is 5.97 Å². The second kappa shape index (κ2) is 9.27. The van der Waals surface area contributed by atoms with Gasteiger partial charge in [-0.15, -0.1) is 0 Å². The molecule has 7 nitrogen and oxygen atoms in total. The molecule has 1 aliphatic heterocycles. The van der Waals surface area contributed by atoms with Crippen molar-refractivity contribution in [3.8, 4) is 0 Å². The number of carbonyl (C=O) groups is 2. The SMILES string of the molecule is CC(OC(=O)c1ccc(N2CCOCC2)nc1)C(=O)NCc1ccc(F)cc1. The van der Waals surface area contributed by atoms with Crippen LogP contribution in [0.2, 0.25) is 0 Å². The zero-order valence-corrected chi connectivity index (χ0v) is 15.6. The second-order valence-corrected chi connectivity index (χ2v) is 6.40. The van der Waals surface area contributed by atoms with Gasteiger partial charge in [-0.1, -0.05) is 12.1 Å². The fourth-order valence-corrected chi connectivity index (χ4v) is 2.70. The summed E-state index contributed by atoms with van der Waals surface area (Å²) < 4.78 is 23.4. The largest absolute Gasteiger partial charge is 0.449 e. The van der Waals surface area contributed by atoms with E-state index in [4.69, 9.17) is 9.47 Å². The summed E-state index contributed by atoms with van der Waals surface area (Å²) in [4.78, 5) is 30.7. The molecule has 1 saturated heterocycles. The Labute approximate surface area is 162 Å². The highest BCUT2D eigenvalue weighted by Gasteiger charge is 2.19. The van der Waals surface area contributed by atoms with Gasteiger partial charge in [0.05, 0.1) is 18.8 Å². The second-order valence-electron chi connectivity index (χ2n) is 6.40. The Bertz CT molecular complexity index is 805. The molecule has 1 atom stereocenters. The molecule has 0 bridgehead atoms. The van der Waals surface area contributed by atoms with Crippen molar-refractivity contribution in [3.05, 3.63) is 59.5 Å². The van der Waals surface area contributed by atoms with Gasteiger partial charge in [-0.2, -0.15) is 0 Å². The molecule has 0 spiro atoms. The third kappa shape index (κ3) is 5.26. The van der Waals surface area contributed by atoms with Crippen LogP contribution in [0.25, 0.3) is 0 Å². The van der Waals surface area contributed by atoms with Crippen LogP contribution in [0.15, 0.2) is 42.6 Å². The summed E-state index contributed by atoms with van der Waals surface area (Å²) in [6, 6.07) is 9.17. The molecule has 148 valence electrons. The highest BCUT2D eigenvalue weighted by atomic mass is 19.1. The molecular weight excluding hydrogens is 365 g/mol. The Balaban J connectivity index is 1.50. The van der Waals surface area contributed by atoms with Crippen molar-refractivity contribution in [2.75, 3.05) is 31.2 Å². The molecule has 1 N–H and O–H groups in total. The Morgan fingerprint density at radius 3 is 2.57 bits per heavy atom. The van der Waals surface area contributed by atoms with Crippen LogP contribution < -0.4 is 10.2 Å². The summed E-state index contributed by atoms with van der Waals surface area (Å²) in [5.74, 6) is -0.628. The van der Waals surface area contributed by atoms with Crippen LogP contribution in [0.1, 0.15) is 22.8 Å². The van der Waals surface area contributed by atoms with E-state index in [1.807, 2.05) is 0 Å². The molecule has 1 aliphatic rings. The van der Waals surface area contributed by atoms with E-state index in [0.717, 1.165) is 24.5 Å². The molecule has 1 aromatic heterocycles. The van der Waals surface area contributed by atoms with Crippen molar-refractivity contribution in [1.29, 1.82) is 0 Å². The first-order valence-electron chi connectivity index (χ1n) is 9.05. The average Bonchev–Trinajstić information content (AvgIpc) is 2.73. The zero-order chi connectivity index (χ0) is 19.9. The minimum absolute atomic E-state index is 0.219. The number of hydrogen-bond acceptors (Lipinski definition) is 6. The third-order valence-corrected chi connectivity index (χ3v) is 4.35. The van der Waals surface area contributed by atoms with E-state index in [1.54, 1.807) is 24.3 Å². The number of rotatable bonds is 6. The Hall–Kier alpha value is -3.00. The van der Waals surface area contributed by atoms with Crippen LogP contribution in [0.5, 0.6) is 0 Å². The van der Waals surface area contributed by atoms with E-state index in [0.29, 0.717) is 13.2 Å². The zero-order valence-electron chi connectivity index (χ0n) is 15.6. The number of aromatic nitrogens is 1. The Kier molecular flexibility index (Phi) is 6.54. The van der Waals surface area contributed by atoms with Crippen LogP contribution in [0.4, 0.5) is 10.2 Å². The van der Waals surface area contributed by atoms with Crippen LogP contribution in [-0.4, -0.2) is 49.3 Å². The normalized spacial score (nSPS) is 15.0. The molecule has 0 aliphatic carbocycles. The molecular formula is C20H22FN3O4. The van der Waals surface area contributed by atoms with Crippen molar-refractivity contribution in [2.24, 2.45) is 0 Å². The summed E-state index contributed by atoms with van der Waals surface area (Å²) in [7, 11) is 0. The maximum absolute atomic E-state index is 12.9. The molecule has 0 saturated carbocycles. The summed E-state index contributed by atoms with van der Waals surface area (Å²) in [6.07, 6.45) is 0.475. The number of nitrogens with one attached hydrogen (secondary N) is 1. The average molecular weight is 387 g/mol. The Morgan fingerprint density at radius 1 is 1.21 bits per heavy atom. The topological polar surface area (TPSA) is 80.8 Å². The van der Waals surface area contributed by atoms with E-state index in [2.05, 4.69) is 15.2 Å². The van der Waals surface area contributed by atoms with Gasteiger partial charge in [-0.05, 0) is 36.8 Å². The minimum Gasteiger partial charge on any atom is -0.449 e. The fourth-order valence-electron chi connectivity index (χ4n) is 2.70. The van der Waals surface area contributed by atoms with E-state index >= 15 is 0 Å². The smallest absolute Gasteiger partial charge is 0.340 e. The molecule has 2 heterocycles. The third-order valence-electron chi connectivity index (χ3n) is 4.35. The van der Waals surface area contributed by atoms with Gasteiger partial charge in [-0.25, -0.2) is 14.2 Å². The maximum atomic E-state index is 12.9. The van der Waals surface area contributed by atoms with Gasteiger partial charge in [0.15, 0.2) is 6.10 Å². The number of anilines is 1. The van der Waals surface area contributed by atoms with Crippen molar-refractivity contribution in [1.82, 2.24) is 10.3 Å². The number of halogens is 1. The van der Waals surface area contributed by atoms with Gasteiger partial charge in [-0.3, -0.25) is 4.79 Å². The Morgan fingerprint density at radius 2 is 1.93 bits per heavy atom. The minimum atomic E-state index is -0.966. The lowest BCUT2D eigenvalue weighted by Crippen LogP contribution is -2.37. The molecule has 1 unspecified atom stereocenters. The number of morpholine rings is 1. The number of benzene rings is 1. The van der Waals surface area contributed by atoms with Crippen molar-refractivity contribution in [3.63, 3.8) is 0 Å². The summed E-state index contributed by atoms with van der Waals surface area (Å²) in [6.45, 7) is 4.51. The van der Waals surface area contributed by atoms with Gasteiger partial charge < -0.3 is 19.7 Å². The van der Waals surface area contributed by atoms with Crippen molar-refractivity contribution in [2.45, 2.75) is 19.6 Å². The van der Waals surface area contributed by atoms with Crippen LogP contribution >= 0.6 is 0 Å². The lowest BCUT2D eigenvalue weighted by molar-refractivity contribution is -0.129. The van der Waals surface area contributed by atoms with E-state index in [-0.39, 0.29) is 17.9 Å². The predicted molar refractivity (Wildman–Crippen MR) is 100 cm³/mol. The molecule has 8 heteroatoms.